The molecule has 2 heterocycles. The Morgan fingerprint density at radius 2 is 1.82 bits per heavy atom. The van der Waals surface area contributed by atoms with Crippen LogP contribution in [0.25, 0.3) is 17.0 Å². The first-order valence-corrected chi connectivity index (χ1v) is 11.5. The summed E-state index contributed by atoms with van der Waals surface area (Å²) in [6.07, 6.45) is 3.65. The standard InChI is InChI=1S/C25H16FN3O3S2/c26-21-10-3-1-6-16(21)14-27-15-17(20-9-2-4-11-22(20)27)12-23-24(30)28(25(33)34-23)18-7-5-8-19(13-18)29(31)32/h1-13,15H,14H2. The van der Waals surface area contributed by atoms with E-state index in [9.17, 15) is 19.3 Å². The van der Waals surface area contributed by atoms with E-state index in [2.05, 4.69) is 0 Å². The Balaban J connectivity index is 1.52. The average Bonchev–Trinajstić information content (AvgIpc) is 3.31. The fraction of sp³-hybridized carbons (Fsp3) is 0.0400. The summed E-state index contributed by atoms with van der Waals surface area (Å²) in [6, 6.07) is 20.2. The topological polar surface area (TPSA) is 68.4 Å². The van der Waals surface area contributed by atoms with Gasteiger partial charge in [0.15, 0.2) is 4.32 Å². The maximum atomic E-state index is 14.3. The number of hydrogen-bond acceptors (Lipinski definition) is 5. The highest BCUT2D eigenvalue weighted by molar-refractivity contribution is 8.27. The summed E-state index contributed by atoms with van der Waals surface area (Å²) in [5.41, 5.74) is 2.50. The first-order chi connectivity index (χ1) is 16.4. The molecule has 1 aromatic heterocycles. The van der Waals surface area contributed by atoms with Crippen LogP contribution in [0.5, 0.6) is 0 Å². The molecule has 34 heavy (non-hydrogen) atoms. The van der Waals surface area contributed by atoms with Gasteiger partial charge in [0.2, 0.25) is 0 Å². The van der Waals surface area contributed by atoms with Crippen LogP contribution in [0.1, 0.15) is 11.1 Å². The van der Waals surface area contributed by atoms with Crippen LogP contribution in [0, 0.1) is 15.9 Å². The number of para-hydroxylation sites is 1. The molecule has 4 aromatic rings. The molecule has 0 aliphatic carbocycles. The quantitative estimate of drug-likeness (QED) is 0.146. The second kappa shape index (κ2) is 8.85. The minimum absolute atomic E-state index is 0.119. The molecule has 0 radical (unpaired) electrons. The zero-order valence-corrected chi connectivity index (χ0v) is 19.2. The van der Waals surface area contributed by atoms with Crippen molar-refractivity contribution in [2.24, 2.45) is 0 Å². The van der Waals surface area contributed by atoms with Gasteiger partial charge in [0.1, 0.15) is 5.82 Å². The zero-order valence-electron chi connectivity index (χ0n) is 17.6. The number of nitro benzene ring substituents is 1. The molecule has 6 nitrogen and oxygen atoms in total. The lowest BCUT2D eigenvalue weighted by Gasteiger charge is -2.13. The third kappa shape index (κ3) is 4.00. The molecule has 0 unspecified atom stereocenters. The van der Waals surface area contributed by atoms with Gasteiger partial charge in [0.05, 0.1) is 22.1 Å². The number of thiocarbonyl (C=S) groups is 1. The summed E-state index contributed by atoms with van der Waals surface area (Å²) in [7, 11) is 0. The van der Waals surface area contributed by atoms with E-state index < -0.39 is 4.92 Å². The normalized spacial score (nSPS) is 15.0. The Hall–Kier alpha value is -3.82. The van der Waals surface area contributed by atoms with Gasteiger partial charge in [0, 0.05) is 40.4 Å². The van der Waals surface area contributed by atoms with Crippen molar-refractivity contribution in [1.82, 2.24) is 4.57 Å². The fourth-order valence-electron chi connectivity index (χ4n) is 3.91. The maximum absolute atomic E-state index is 14.3. The second-order valence-corrected chi connectivity index (χ2v) is 9.29. The van der Waals surface area contributed by atoms with Crippen molar-refractivity contribution in [3.05, 3.63) is 111 Å². The third-order valence-corrected chi connectivity index (χ3v) is 6.80. The van der Waals surface area contributed by atoms with Crippen LogP contribution in [0.4, 0.5) is 15.8 Å². The maximum Gasteiger partial charge on any atom is 0.271 e. The van der Waals surface area contributed by atoms with E-state index in [1.807, 2.05) is 35.0 Å². The van der Waals surface area contributed by atoms with Gasteiger partial charge in [-0.2, -0.15) is 0 Å². The van der Waals surface area contributed by atoms with Crippen molar-refractivity contribution >= 4 is 62.6 Å². The Bertz CT molecular complexity index is 1510. The van der Waals surface area contributed by atoms with Gasteiger partial charge in [-0.3, -0.25) is 19.8 Å². The van der Waals surface area contributed by atoms with E-state index in [0.717, 1.165) is 28.2 Å². The van der Waals surface area contributed by atoms with Gasteiger partial charge >= 0.3 is 0 Å². The number of anilines is 1. The van der Waals surface area contributed by atoms with Gasteiger partial charge in [-0.15, -0.1) is 0 Å². The monoisotopic (exact) mass is 489 g/mol. The largest absolute Gasteiger partial charge is 0.342 e. The van der Waals surface area contributed by atoms with Crippen molar-refractivity contribution in [2.45, 2.75) is 6.54 Å². The Kier molecular flexibility index (Phi) is 5.72. The molecule has 1 saturated heterocycles. The molecule has 5 rings (SSSR count). The van der Waals surface area contributed by atoms with E-state index in [1.54, 1.807) is 30.3 Å². The van der Waals surface area contributed by atoms with Gasteiger partial charge < -0.3 is 4.57 Å². The van der Waals surface area contributed by atoms with E-state index >= 15 is 0 Å². The molecule has 1 amide bonds. The number of rotatable bonds is 5. The number of halogens is 1. The first kappa shape index (κ1) is 22.0. The zero-order chi connectivity index (χ0) is 23.8. The van der Waals surface area contributed by atoms with Crippen molar-refractivity contribution in [1.29, 1.82) is 0 Å². The third-order valence-electron chi connectivity index (χ3n) is 5.50. The molecule has 0 spiro atoms. The van der Waals surface area contributed by atoms with E-state index in [0.29, 0.717) is 27.0 Å². The molecular weight excluding hydrogens is 473 g/mol. The number of aromatic nitrogens is 1. The molecule has 0 bridgehead atoms. The summed E-state index contributed by atoms with van der Waals surface area (Å²) in [6.45, 7) is 0.343. The number of thioether (sulfide) groups is 1. The Morgan fingerprint density at radius 3 is 2.62 bits per heavy atom. The van der Waals surface area contributed by atoms with Crippen molar-refractivity contribution in [2.75, 3.05) is 4.90 Å². The Morgan fingerprint density at radius 1 is 1.06 bits per heavy atom. The van der Waals surface area contributed by atoms with Gasteiger partial charge in [0.25, 0.3) is 11.6 Å². The summed E-state index contributed by atoms with van der Waals surface area (Å²) in [5.74, 6) is -0.624. The SMILES string of the molecule is O=C1C(=Cc2cn(Cc3ccccc3F)c3ccccc23)SC(=S)N1c1cccc([N+](=O)[O-])c1. The van der Waals surface area contributed by atoms with Crippen LogP contribution in [0.3, 0.4) is 0 Å². The number of nitrogens with zero attached hydrogens (tertiary/aromatic N) is 3. The van der Waals surface area contributed by atoms with Crippen LogP contribution >= 0.6 is 24.0 Å². The average molecular weight is 490 g/mol. The second-order valence-electron chi connectivity index (χ2n) is 7.61. The highest BCUT2D eigenvalue weighted by atomic mass is 32.2. The molecule has 0 atom stereocenters. The lowest BCUT2D eigenvalue weighted by atomic mass is 10.1. The first-order valence-electron chi connectivity index (χ1n) is 10.3. The fourth-order valence-corrected chi connectivity index (χ4v) is 5.20. The van der Waals surface area contributed by atoms with E-state index in [-0.39, 0.29) is 17.4 Å². The number of carbonyl (C=O) groups is 1. The predicted octanol–water partition coefficient (Wildman–Crippen LogP) is 6.14. The molecular formula is C25H16FN3O3S2. The van der Waals surface area contributed by atoms with Crippen molar-refractivity contribution in [3.8, 4) is 0 Å². The molecule has 9 heteroatoms. The molecule has 1 aliphatic rings. The van der Waals surface area contributed by atoms with Gasteiger partial charge in [-0.1, -0.05) is 66.4 Å². The lowest BCUT2D eigenvalue weighted by molar-refractivity contribution is -0.384. The highest BCUT2D eigenvalue weighted by Crippen LogP contribution is 2.38. The van der Waals surface area contributed by atoms with Crippen LogP contribution < -0.4 is 4.90 Å². The van der Waals surface area contributed by atoms with Crippen LogP contribution in [0.15, 0.2) is 83.9 Å². The molecule has 3 aromatic carbocycles. The van der Waals surface area contributed by atoms with Crippen LogP contribution in [-0.4, -0.2) is 19.7 Å². The van der Waals surface area contributed by atoms with Crippen LogP contribution in [-0.2, 0) is 11.3 Å². The number of amides is 1. The van der Waals surface area contributed by atoms with Crippen LogP contribution in [0.2, 0.25) is 0 Å². The molecule has 0 saturated carbocycles. The smallest absolute Gasteiger partial charge is 0.271 e. The lowest BCUT2D eigenvalue weighted by Crippen LogP contribution is -2.27. The number of non-ortho nitro benzene ring substituents is 1. The summed E-state index contributed by atoms with van der Waals surface area (Å²) < 4.78 is 16.5. The molecule has 0 N–H and O–H groups in total. The van der Waals surface area contributed by atoms with Gasteiger partial charge in [-0.25, -0.2) is 4.39 Å². The predicted molar refractivity (Wildman–Crippen MR) is 136 cm³/mol. The summed E-state index contributed by atoms with van der Waals surface area (Å²) in [4.78, 5) is 25.5. The highest BCUT2D eigenvalue weighted by Gasteiger charge is 2.34. The van der Waals surface area contributed by atoms with Gasteiger partial charge in [-0.05, 0) is 24.3 Å². The number of nitro groups is 1. The number of benzene rings is 3. The van der Waals surface area contributed by atoms with Crippen molar-refractivity contribution < 1.29 is 14.1 Å². The van der Waals surface area contributed by atoms with E-state index in [4.69, 9.17) is 12.2 Å². The number of fused-ring (bicyclic) bond motifs is 1. The number of carbonyl (C=O) groups excluding carboxylic acids is 1. The summed E-state index contributed by atoms with van der Waals surface area (Å²) >= 11 is 6.55. The summed E-state index contributed by atoms with van der Waals surface area (Å²) in [5, 5.41) is 12.1. The minimum atomic E-state index is -0.512. The molecule has 1 fully saturated rings. The minimum Gasteiger partial charge on any atom is -0.342 e. The Labute approximate surface area is 203 Å². The molecule has 168 valence electrons. The van der Waals surface area contributed by atoms with Crippen molar-refractivity contribution in [3.63, 3.8) is 0 Å². The number of hydrogen-bond donors (Lipinski definition) is 0. The molecule has 1 aliphatic heterocycles. The van der Waals surface area contributed by atoms with E-state index in [1.165, 1.54) is 29.2 Å².